The molecule has 0 aliphatic carbocycles. The Bertz CT molecular complexity index is 476. The summed E-state index contributed by atoms with van der Waals surface area (Å²) < 4.78 is 4.86. The van der Waals surface area contributed by atoms with Crippen LogP contribution in [0.25, 0.3) is 11.0 Å². The molecule has 2 rings (SSSR count). The van der Waals surface area contributed by atoms with E-state index in [9.17, 15) is 4.79 Å². The third kappa shape index (κ3) is 2.15. The number of carbonyl (C=O) groups is 1. The monoisotopic (exact) mass is 204 g/mol. The van der Waals surface area contributed by atoms with Crippen molar-refractivity contribution in [3.05, 3.63) is 30.1 Å². The number of rotatable bonds is 3. The molecule has 1 N–H and O–H groups in total. The summed E-state index contributed by atoms with van der Waals surface area (Å²) in [5.41, 5.74) is 2.71. The van der Waals surface area contributed by atoms with E-state index in [-0.39, 0.29) is 12.4 Å². The quantitative estimate of drug-likeness (QED) is 0.774. The number of ether oxygens (including phenoxy) is 1. The predicted molar refractivity (Wildman–Crippen MR) is 56.4 cm³/mol. The summed E-state index contributed by atoms with van der Waals surface area (Å²) in [4.78, 5) is 18.5. The van der Waals surface area contributed by atoms with Crippen LogP contribution < -0.4 is 0 Å². The average Bonchev–Trinajstić information content (AvgIpc) is 2.65. The summed E-state index contributed by atoms with van der Waals surface area (Å²) in [6.07, 6.45) is 3.80. The van der Waals surface area contributed by atoms with Gasteiger partial charge in [0.15, 0.2) is 0 Å². The molecular formula is C11H12N2O2. The zero-order valence-corrected chi connectivity index (χ0v) is 8.49. The largest absolute Gasteiger partial charge is 0.466 e. The molecule has 0 spiro atoms. The molecule has 0 amide bonds. The third-order valence-corrected chi connectivity index (χ3v) is 2.11. The first-order valence-electron chi connectivity index (χ1n) is 4.87. The highest BCUT2D eigenvalue weighted by Gasteiger charge is 2.05. The molecule has 0 unspecified atom stereocenters. The van der Waals surface area contributed by atoms with Gasteiger partial charge in [-0.1, -0.05) is 0 Å². The second kappa shape index (κ2) is 4.13. The van der Waals surface area contributed by atoms with Gasteiger partial charge in [0.05, 0.1) is 24.1 Å². The van der Waals surface area contributed by atoms with Crippen molar-refractivity contribution >= 4 is 17.0 Å². The van der Waals surface area contributed by atoms with Gasteiger partial charge in [-0.2, -0.15) is 0 Å². The van der Waals surface area contributed by atoms with E-state index >= 15 is 0 Å². The fourth-order valence-electron chi connectivity index (χ4n) is 1.45. The van der Waals surface area contributed by atoms with Gasteiger partial charge in [-0.05, 0) is 24.6 Å². The molecule has 2 aromatic rings. The van der Waals surface area contributed by atoms with Crippen molar-refractivity contribution in [3.8, 4) is 0 Å². The smallest absolute Gasteiger partial charge is 0.310 e. The Morgan fingerprint density at radius 2 is 2.47 bits per heavy atom. The van der Waals surface area contributed by atoms with Gasteiger partial charge in [-0.15, -0.1) is 0 Å². The number of nitrogens with one attached hydrogen (secondary N) is 1. The number of pyridine rings is 1. The van der Waals surface area contributed by atoms with E-state index in [0.717, 1.165) is 16.6 Å². The molecule has 0 radical (unpaired) electrons. The van der Waals surface area contributed by atoms with E-state index in [1.165, 1.54) is 0 Å². The highest BCUT2D eigenvalue weighted by atomic mass is 16.5. The summed E-state index contributed by atoms with van der Waals surface area (Å²) in [6.45, 7) is 2.21. The second-order valence-corrected chi connectivity index (χ2v) is 3.24. The minimum absolute atomic E-state index is 0.217. The Kier molecular flexibility index (Phi) is 2.67. The first-order valence-corrected chi connectivity index (χ1v) is 4.87. The zero-order valence-electron chi connectivity index (χ0n) is 8.49. The van der Waals surface area contributed by atoms with Gasteiger partial charge in [0.25, 0.3) is 0 Å². The van der Waals surface area contributed by atoms with Crippen LogP contribution in [0.2, 0.25) is 0 Å². The van der Waals surface area contributed by atoms with Crippen molar-refractivity contribution in [2.75, 3.05) is 6.61 Å². The maximum absolute atomic E-state index is 11.2. The summed E-state index contributed by atoms with van der Waals surface area (Å²) in [7, 11) is 0. The number of esters is 1. The zero-order chi connectivity index (χ0) is 10.7. The van der Waals surface area contributed by atoms with Gasteiger partial charge >= 0.3 is 5.97 Å². The number of aromatic amines is 1. The van der Waals surface area contributed by atoms with E-state index in [0.29, 0.717) is 6.61 Å². The van der Waals surface area contributed by atoms with Crippen LogP contribution in [-0.2, 0) is 16.0 Å². The molecule has 78 valence electrons. The first-order chi connectivity index (χ1) is 7.29. The lowest BCUT2D eigenvalue weighted by Crippen LogP contribution is -2.07. The fourth-order valence-corrected chi connectivity index (χ4v) is 1.45. The molecule has 0 fully saturated rings. The van der Waals surface area contributed by atoms with E-state index in [4.69, 9.17) is 4.74 Å². The van der Waals surface area contributed by atoms with Crippen molar-refractivity contribution in [3.63, 3.8) is 0 Å². The van der Waals surface area contributed by atoms with Gasteiger partial charge in [-0.25, -0.2) is 0 Å². The van der Waals surface area contributed by atoms with Gasteiger partial charge in [0, 0.05) is 12.4 Å². The normalized spacial score (nSPS) is 10.5. The van der Waals surface area contributed by atoms with Crippen molar-refractivity contribution in [1.29, 1.82) is 0 Å². The summed E-state index contributed by atoms with van der Waals surface area (Å²) >= 11 is 0. The number of hydrogen-bond acceptors (Lipinski definition) is 3. The predicted octanol–water partition coefficient (Wildman–Crippen LogP) is 1.67. The maximum Gasteiger partial charge on any atom is 0.310 e. The lowest BCUT2D eigenvalue weighted by atomic mass is 10.2. The molecule has 4 nitrogen and oxygen atoms in total. The summed E-state index contributed by atoms with van der Waals surface area (Å²) in [5.74, 6) is -0.217. The highest BCUT2D eigenvalue weighted by molar-refractivity contribution is 5.78. The molecule has 2 aromatic heterocycles. The molecule has 2 heterocycles. The Labute approximate surface area is 87.3 Å². The topological polar surface area (TPSA) is 55.0 Å². The van der Waals surface area contributed by atoms with Crippen LogP contribution in [0.4, 0.5) is 0 Å². The molecule has 0 bridgehead atoms. The number of H-pyrrole nitrogens is 1. The van der Waals surface area contributed by atoms with Crippen LogP contribution in [0.1, 0.15) is 12.5 Å². The number of aromatic nitrogens is 2. The Morgan fingerprint density at radius 1 is 1.60 bits per heavy atom. The molecular weight excluding hydrogens is 192 g/mol. The van der Waals surface area contributed by atoms with Crippen molar-refractivity contribution in [2.45, 2.75) is 13.3 Å². The van der Waals surface area contributed by atoms with Gasteiger partial charge < -0.3 is 9.72 Å². The summed E-state index contributed by atoms with van der Waals surface area (Å²) in [5, 5.41) is 0. The number of fused-ring (bicyclic) bond motifs is 1. The molecule has 15 heavy (non-hydrogen) atoms. The first kappa shape index (κ1) is 9.71. The van der Waals surface area contributed by atoms with Gasteiger partial charge in [0.1, 0.15) is 0 Å². The highest BCUT2D eigenvalue weighted by Crippen LogP contribution is 2.11. The van der Waals surface area contributed by atoms with Crippen LogP contribution in [0.5, 0.6) is 0 Å². The number of nitrogens with zero attached hydrogens (tertiary/aromatic N) is 1. The van der Waals surface area contributed by atoms with Crippen LogP contribution in [0.3, 0.4) is 0 Å². The van der Waals surface area contributed by atoms with Crippen LogP contribution in [0.15, 0.2) is 24.5 Å². The lowest BCUT2D eigenvalue weighted by molar-refractivity contribution is -0.142. The van der Waals surface area contributed by atoms with Crippen molar-refractivity contribution < 1.29 is 9.53 Å². The van der Waals surface area contributed by atoms with E-state index < -0.39 is 0 Å². The second-order valence-electron chi connectivity index (χ2n) is 3.24. The molecule has 0 aliphatic rings. The van der Waals surface area contributed by atoms with Crippen molar-refractivity contribution in [2.24, 2.45) is 0 Å². The van der Waals surface area contributed by atoms with Crippen LogP contribution >= 0.6 is 0 Å². The number of hydrogen-bond donors (Lipinski definition) is 1. The minimum Gasteiger partial charge on any atom is -0.466 e. The minimum atomic E-state index is -0.217. The van der Waals surface area contributed by atoms with Gasteiger partial charge in [0.2, 0.25) is 0 Å². The average molecular weight is 204 g/mol. The lowest BCUT2D eigenvalue weighted by Gasteiger charge is -2.01. The maximum atomic E-state index is 11.2. The third-order valence-electron chi connectivity index (χ3n) is 2.11. The van der Waals surface area contributed by atoms with Crippen molar-refractivity contribution in [1.82, 2.24) is 9.97 Å². The van der Waals surface area contributed by atoms with Gasteiger partial charge in [-0.3, -0.25) is 9.78 Å². The fraction of sp³-hybridized carbons (Fsp3) is 0.273. The molecule has 0 saturated heterocycles. The van der Waals surface area contributed by atoms with Crippen LogP contribution in [-0.4, -0.2) is 22.5 Å². The molecule has 0 saturated carbocycles. The Balaban J connectivity index is 2.17. The van der Waals surface area contributed by atoms with E-state index in [1.807, 2.05) is 18.3 Å². The van der Waals surface area contributed by atoms with Crippen LogP contribution in [0, 0.1) is 0 Å². The number of carbonyl (C=O) groups excluding carboxylic acids is 1. The molecule has 4 heteroatoms. The van der Waals surface area contributed by atoms with E-state index in [2.05, 4.69) is 9.97 Å². The SMILES string of the molecule is CCOC(=O)Cc1cnc2cc[nH]c2c1. The molecule has 0 aliphatic heterocycles. The molecule has 0 atom stereocenters. The molecule has 0 aromatic carbocycles. The summed E-state index contributed by atoms with van der Waals surface area (Å²) in [6, 6.07) is 3.81. The standard InChI is InChI=1S/C11H12N2O2/c1-2-15-11(14)6-8-5-10-9(13-7-8)3-4-12-10/h3-5,7,12H,2,6H2,1H3. The Hall–Kier alpha value is -1.84. The van der Waals surface area contributed by atoms with E-state index in [1.54, 1.807) is 13.1 Å². The Morgan fingerprint density at radius 3 is 3.27 bits per heavy atom.